The number of rotatable bonds is 9. The number of aromatic nitrogens is 1. The lowest BCUT2D eigenvalue weighted by atomic mass is 10.2. The van der Waals surface area contributed by atoms with E-state index in [1.807, 2.05) is 0 Å². The van der Waals surface area contributed by atoms with Crippen LogP contribution in [-0.2, 0) is 10.0 Å². The van der Waals surface area contributed by atoms with Crippen molar-refractivity contribution < 1.29 is 22.9 Å². The topological polar surface area (TPSA) is 153 Å². The Bertz CT molecular complexity index is 1600. The van der Waals surface area contributed by atoms with Gasteiger partial charge in [-0.25, -0.2) is 13.2 Å². The molecule has 0 saturated heterocycles. The molecule has 4 aromatic rings. The molecule has 0 spiro atoms. The van der Waals surface area contributed by atoms with Gasteiger partial charge in [0.15, 0.2) is 0 Å². The third-order valence-corrected chi connectivity index (χ3v) is 6.62. The average Bonchev–Trinajstić information content (AvgIpc) is 2.91. The fourth-order valence-corrected chi connectivity index (χ4v) is 4.48. The number of carbonyl (C=O) groups excluding carboxylic acids is 1. The van der Waals surface area contributed by atoms with Crippen molar-refractivity contribution in [3.8, 4) is 5.75 Å². The van der Waals surface area contributed by atoms with E-state index in [1.54, 1.807) is 42.6 Å². The Kier molecular flexibility index (Phi) is 7.94. The first-order chi connectivity index (χ1) is 18.2. The SMILES string of the molecule is O=C(Oc1ccc(/C=N/Nc2ccc([N+](=O)[O-])cc2S(=O)(=O)Nc2ccc(Cl)cc2)cc1)c1cccnc1. The van der Waals surface area contributed by atoms with Crippen molar-refractivity contribution in [3.05, 3.63) is 118 Å². The summed E-state index contributed by atoms with van der Waals surface area (Å²) in [6, 6.07) is 18.8. The number of sulfonamides is 1. The highest BCUT2D eigenvalue weighted by Gasteiger charge is 2.22. The van der Waals surface area contributed by atoms with Crippen LogP contribution in [0.15, 0.2) is 101 Å². The number of esters is 1. The molecule has 0 atom stereocenters. The van der Waals surface area contributed by atoms with E-state index < -0.39 is 26.6 Å². The summed E-state index contributed by atoms with van der Waals surface area (Å²) in [5, 5.41) is 15.7. The van der Waals surface area contributed by atoms with Crippen LogP contribution in [0.1, 0.15) is 15.9 Å². The molecule has 1 aromatic heterocycles. The number of benzene rings is 3. The molecule has 11 nitrogen and oxygen atoms in total. The fourth-order valence-electron chi connectivity index (χ4n) is 3.12. The van der Waals surface area contributed by atoms with Crippen molar-refractivity contribution in [1.82, 2.24) is 4.98 Å². The first-order valence-corrected chi connectivity index (χ1v) is 12.7. The number of nitrogens with one attached hydrogen (secondary N) is 2. The molecule has 0 aliphatic carbocycles. The van der Waals surface area contributed by atoms with Gasteiger partial charge in [0.25, 0.3) is 15.7 Å². The van der Waals surface area contributed by atoms with Gasteiger partial charge in [-0.15, -0.1) is 0 Å². The van der Waals surface area contributed by atoms with Gasteiger partial charge >= 0.3 is 5.97 Å². The summed E-state index contributed by atoms with van der Waals surface area (Å²) in [7, 11) is -4.23. The summed E-state index contributed by atoms with van der Waals surface area (Å²) in [5.41, 5.74) is 3.34. The number of halogens is 1. The fraction of sp³-hybridized carbons (Fsp3) is 0. The highest BCUT2D eigenvalue weighted by atomic mass is 35.5. The molecule has 0 radical (unpaired) electrons. The molecular weight excluding hydrogens is 534 g/mol. The molecule has 2 N–H and O–H groups in total. The minimum atomic E-state index is -4.23. The highest BCUT2D eigenvalue weighted by Crippen LogP contribution is 2.28. The molecule has 3 aromatic carbocycles. The number of non-ortho nitro benzene ring substituents is 1. The van der Waals surface area contributed by atoms with Crippen LogP contribution in [0.5, 0.6) is 5.75 Å². The van der Waals surface area contributed by atoms with Crippen molar-refractivity contribution in [2.45, 2.75) is 4.90 Å². The molecular formula is C25H18ClN5O6S. The predicted molar refractivity (Wildman–Crippen MR) is 142 cm³/mol. The Balaban J connectivity index is 1.49. The lowest BCUT2D eigenvalue weighted by Gasteiger charge is -2.12. The van der Waals surface area contributed by atoms with Gasteiger partial charge in [-0.1, -0.05) is 11.6 Å². The van der Waals surface area contributed by atoms with Crippen molar-refractivity contribution in [2.24, 2.45) is 5.10 Å². The minimum Gasteiger partial charge on any atom is -0.423 e. The lowest BCUT2D eigenvalue weighted by Crippen LogP contribution is -2.15. The van der Waals surface area contributed by atoms with Gasteiger partial charge in [-0.3, -0.25) is 25.2 Å². The number of hydrogen-bond donors (Lipinski definition) is 2. The maximum Gasteiger partial charge on any atom is 0.345 e. The van der Waals surface area contributed by atoms with Crippen LogP contribution in [0, 0.1) is 10.1 Å². The molecule has 0 aliphatic rings. The molecule has 0 aliphatic heterocycles. The van der Waals surface area contributed by atoms with Crippen LogP contribution in [0.2, 0.25) is 5.02 Å². The first-order valence-electron chi connectivity index (χ1n) is 10.8. The number of ether oxygens (including phenoxy) is 1. The number of nitro benzene ring substituents is 1. The third-order valence-electron chi connectivity index (χ3n) is 4.95. The molecule has 0 unspecified atom stereocenters. The lowest BCUT2D eigenvalue weighted by molar-refractivity contribution is -0.385. The van der Waals surface area contributed by atoms with E-state index in [4.69, 9.17) is 16.3 Å². The maximum atomic E-state index is 13.0. The zero-order chi connectivity index (χ0) is 27.1. The van der Waals surface area contributed by atoms with Crippen molar-refractivity contribution in [2.75, 3.05) is 10.1 Å². The van der Waals surface area contributed by atoms with Crippen LogP contribution in [0.25, 0.3) is 0 Å². The Morgan fingerprint density at radius 3 is 2.45 bits per heavy atom. The van der Waals surface area contributed by atoms with Gasteiger partial charge in [0, 0.05) is 35.2 Å². The van der Waals surface area contributed by atoms with E-state index in [2.05, 4.69) is 20.2 Å². The first kappa shape index (κ1) is 26.3. The van der Waals surface area contributed by atoms with E-state index in [9.17, 15) is 23.3 Å². The minimum absolute atomic E-state index is 0.00957. The Morgan fingerprint density at radius 1 is 1.05 bits per heavy atom. The van der Waals surface area contributed by atoms with Gasteiger partial charge in [-0.05, 0) is 72.3 Å². The van der Waals surface area contributed by atoms with Crippen LogP contribution >= 0.6 is 11.6 Å². The monoisotopic (exact) mass is 551 g/mol. The number of carbonyl (C=O) groups is 1. The third kappa shape index (κ3) is 6.69. The van der Waals surface area contributed by atoms with E-state index >= 15 is 0 Å². The van der Waals surface area contributed by atoms with E-state index in [0.29, 0.717) is 21.9 Å². The van der Waals surface area contributed by atoms with Crippen molar-refractivity contribution in [1.29, 1.82) is 0 Å². The summed E-state index contributed by atoms with van der Waals surface area (Å²) >= 11 is 5.84. The largest absolute Gasteiger partial charge is 0.423 e. The summed E-state index contributed by atoms with van der Waals surface area (Å²) in [4.78, 5) is 26.2. The molecule has 4 rings (SSSR count). The Morgan fingerprint density at radius 2 is 1.79 bits per heavy atom. The second kappa shape index (κ2) is 11.5. The zero-order valence-corrected chi connectivity index (χ0v) is 20.9. The normalized spacial score (nSPS) is 11.2. The van der Waals surface area contributed by atoms with E-state index in [1.165, 1.54) is 42.7 Å². The van der Waals surface area contributed by atoms with E-state index in [0.717, 1.165) is 12.1 Å². The van der Waals surface area contributed by atoms with Crippen LogP contribution in [0.3, 0.4) is 0 Å². The quantitative estimate of drug-likeness (QED) is 0.0956. The second-order valence-electron chi connectivity index (χ2n) is 7.62. The zero-order valence-electron chi connectivity index (χ0n) is 19.3. The molecule has 0 amide bonds. The maximum absolute atomic E-state index is 13.0. The van der Waals surface area contributed by atoms with Crippen LogP contribution in [-0.4, -0.2) is 30.5 Å². The molecule has 0 saturated carbocycles. The Hall–Kier alpha value is -4.81. The summed E-state index contributed by atoms with van der Waals surface area (Å²) < 4.78 is 33.7. The average molecular weight is 552 g/mol. The molecule has 0 bridgehead atoms. The molecule has 0 fully saturated rings. The van der Waals surface area contributed by atoms with Crippen LogP contribution in [0.4, 0.5) is 17.1 Å². The summed E-state index contributed by atoms with van der Waals surface area (Å²) in [6.07, 6.45) is 4.34. The van der Waals surface area contributed by atoms with Crippen molar-refractivity contribution in [3.63, 3.8) is 0 Å². The Labute approximate surface area is 222 Å². The molecule has 38 heavy (non-hydrogen) atoms. The predicted octanol–water partition coefficient (Wildman–Crippen LogP) is 5.11. The number of pyridine rings is 1. The molecule has 13 heteroatoms. The number of hydrogen-bond acceptors (Lipinski definition) is 9. The van der Waals surface area contributed by atoms with Crippen molar-refractivity contribution >= 4 is 50.9 Å². The number of nitro groups is 1. The molecule has 192 valence electrons. The number of anilines is 2. The van der Waals surface area contributed by atoms with Gasteiger partial charge in [0.05, 0.1) is 22.4 Å². The highest BCUT2D eigenvalue weighted by molar-refractivity contribution is 7.92. The number of nitrogens with zero attached hydrogens (tertiary/aromatic N) is 3. The number of hydrazone groups is 1. The standard InChI is InChI=1S/C25H18ClN5O6S/c26-19-5-7-20(8-6-19)30-38(35,36)24-14-21(31(33)34)9-12-23(24)29-28-15-17-3-10-22(11-4-17)37-25(32)18-2-1-13-27-16-18/h1-16,29-30H/b28-15+. The molecule has 1 heterocycles. The summed E-state index contributed by atoms with van der Waals surface area (Å²) in [6.45, 7) is 0. The van der Waals surface area contributed by atoms with Crippen LogP contribution < -0.4 is 14.9 Å². The van der Waals surface area contributed by atoms with Gasteiger partial charge in [-0.2, -0.15) is 5.10 Å². The smallest absolute Gasteiger partial charge is 0.345 e. The summed E-state index contributed by atoms with van der Waals surface area (Å²) in [5.74, 6) is -0.249. The van der Waals surface area contributed by atoms with Gasteiger partial charge in [0.2, 0.25) is 0 Å². The van der Waals surface area contributed by atoms with Gasteiger partial charge < -0.3 is 4.74 Å². The van der Waals surface area contributed by atoms with E-state index in [-0.39, 0.29) is 16.3 Å². The second-order valence-corrected chi connectivity index (χ2v) is 9.71. The van der Waals surface area contributed by atoms with Gasteiger partial charge in [0.1, 0.15) is 10.6 Å².